The van der Waals surface area contributed by atoms with Crippen LogP contribution in [0.4, 0.5) is 0 Å². The average Bonchev–Trinajstić information content (AvgIpc) is 2.19. The van der Waals surface area contributed by atoms with E-state index in [1.165, 1.54) is 0 Å². The molecule has 0 radical (unpaired) electrons. The van der Waals surface area contributed by atoms with E-state index < -0.39 is 0 Å². The minimum absolute atomic E-state index is 0.376. The summed E-state index contributed by atoms with van der Waals surface area (Å²) in [6, 6.07) is 2.03. The topological polar surface area (TPSA) is 36.3 Å². The number of piperidine rings is 1. The molecule has 1 saturated heterocycles. The number of hydrogen-bond donors (Lipinski definition) is 0. The molecule has 13 heavy (non-hydrogen) atoms. The van der Waals surface area contributed by atoms with Crippen LogP contribution in [0.15, 0.2) is 0 Å². The highest BCUT2D eigenvalue weighted by Crippen LogP contribution is 2.13. The van der Waals surface area contributed by atoms with Gasteiger partial charge in [-0.1, -0.05) is 0 Å². The van der Waals surface area contributed by atoms with Crippen molar-refractivity contribution in [1.29, 1.82) is 5.26 Å². The van der Waals surface area contributed by atoms with Gasteiger partial charge in [-0.2, -0.15) is 5.26 Å². The predicted molar refractivity (Wildman–Crippen MR) is 51.7 cm³/mol. The zero-order valence-corrected chi connectivity index (χ0v) is 8.63. The van der Waals surface area contributed by atoms with Gasteiger partial charge in [0.2, 0.25) is 0 Å². The number of hydrogen-bond acceptors (Lipinski definition) is 3. The molecule has 3 nitrogen and oxygen atoms in total. The number of rotatable bonds is 3. The lowest BCUT2D eigenvalue weighted by Gasteiger charge is -2.31. The van der Waals surface area contributed by atoms with Gasteiger partial charge in [0.15, 0.2) is 0 Å². The molecule has 74 valence electrons. The van der Waals surface area contributed by atoms with Crippen molar-refractivity contribution in [3.63, 3.8) is 0 Å². The number of nitriles is 1. The predicted octanol–water partition coefficient (Wildman–Crippen LogP) is 1.23. The van der Waals surface area contributed by atoms with Gasteiger partial charge in [-0.25, -0.2) is 0 Å². The number of likely N-dealkylation sites (tertiary alicyclic amines) is 1. The second kappa shape index (κ2) is 5.43. The largest absolute Gasteiger partial charge is 0.381 e. The fourth-order valence-corrected chi connectivity index (χ4v) is 1.79. The van der Waals surface area contributed by atoms with E-state index in [1.807, 2.05) is 6.07 Å². The molecular weight excluding hydrogens is 188 g/mol. The van der Waals surface area contributed by atoms with Crippen LogP contribution in [0, 0.1) is 11.3 Å². The summed E-state index contributed by atoms with van der Waals surface area (Å²) in [5, 5.41) is 8.15. The first-order chi connectivity index (χ1) is 6.26. The fraction of sp³-hybridized carbons (Fsp3) is 0.889. The molecule has 1 aliphatic heterocycles. The van der Waals surface area contributed by atoms with Crippen molar-refractivity contribution in [2.45, 2.75) is 24.3 Å². The Hall–Kier alpha value is -0.300. The highest BCUT2D eigenvalue weighted by Gasteiger charge is 2.20. The number of alkyl halides is 1. The summed E-state index contributed by atoms with van der Waals surface area (Å²) in [7, 11) is 1.75. The third kappa shape index (κ3) is 3.51. The van der Waals surface area contributed by atoms with Gasteiger partial charge in [0.25, 0.3) is 0 Å². The standard InChI is InChI=1S/C9H15ClN2O/c1-13-9-2-4-12(5-3-9)7-8(10)6-11/h8-9H,2-5,7H2,1H3. The molecule has 0 aromatic rings. The van der Waals surface area contributed by atoms with Crippen molar-refractivity contribution in [3.8, 4) is 6.07 Å². The van der Waals surface area contributed by atoms with Crippen molar-refractivity contribution in [1.82, 2.24) is 4.90 Å². The van der Waals surface area contributed by atoms with E-state index in [1.54, 1.807) is 7.11 Å². The summed E-state index contributed by atoms with van der Waals surface area (Å²) < 4.78 is 5.25. The minimum atomic E-state index is -0.376. The molecule has 4 heteroatoms. The van der Waals surface area contributed by atoms with Crippen LogP contribution in [0.2, 0.25) is 0 Å². The normalized spacial score (nSPS) is 22.5. The number of nitrogens with zero attached hydrogens (tertiary/aromatic N) is 2. The van der Waals surface area contributed by atoms with E-state index in [9.17, 15) is 0 Å². The van der Waals surface area contributed by atoms with Gasteiger partial charge in [-0.3, -0.25) is 0 Å². The van der Waals surface area contributed by atoms with E-state index in [2.05, 4.69) is 4.90 Å². The molecule has 1 fully saturated rings. The van der Waals surface area contributed by atoms with E-state index in [-0.39, 0.29) is 5.38 Å². The van der Waals surface area contributed by atoms with Crippen molar-refractivity contribution in [2.24, 2.45) is 0 Å². The summed E-state index contributed by atoms with van der Waals surface area (Å²) >= 11 is 5.73. The van der Waals surface area contributed by atoms with Gasteiger partial charge < -0.3 is 9.64 Å². The molecule has 0 aromatic carbocycles. The molecule has 0 spiro atoms. The Morgan fingerprint density at radius 1 is 1.62 bits per heavy atom. The van der Waals surface area contributed by atoms with Crippen LogP contribution in [0.25, 0.3) is 0 Å². The number of halogens is 1. The zero-order valence-electron chi connectivity index (χ0n) is 7.87. The lowest BCUT2D eigenvalue weighted by molar-refractivity contribution is 0.0420. The maximum atomic E-state index is 8.53. The molecule has 0 aliphatic carbocycles. The Labute approximate surface area is 84.2 Å². The molecule has 1 rings (SSSR count). The summed E-state index contributed by atoms with van der Waals surface area (Å²) in [6.45, 7) is 2.65. The maximum Gasteiger partial charge on any atom is 0.133 e. The monoisotopic (exact) mass is 202 g/mol. The third-order valence-corrected chi connectivity index (χ3v) is 2.66. The lowest BCUT2D eigenvalue weighted by atomic mass is 10.1. The van der Waals surface area contributed by atoms with Crippen LogP contribution in [0.3, 0.4) is 0 Å². The van der Waals surface area contributed by atoms with E-state index >= 15 is 0 Å². The molecule has 1 aliphatic rings. The van der Waals surface area contributed by atoms with Gasteiger partial charge >= 0.3 is 0 Å². The first-order valence-electron chi connectivity index (χ1n) is 4.55. The average molecular weight is 203 g/mol. The Morgan fingerprint density at radius 2 is 2.23 bits per heavy atom. The molecule has 0 aromatic heterocycles. The van der Waals surface area contributed by atoms with Crippen LogP contribution in [-0.4, -0.2) is 43.1 Å². The molecule has 1 atom stereocenters. The molecule has 0 saturated carbocycles. The summed E-state index contributed by atoms with van der Waals surface area (Å²) in [5.74, 6) is 0. The Balaban J connectivity index is 2.22. The first-order valence-corrected chi connectivity index (χ1v) is 4.98. The first kappa shape index (κ1) is 10.8. The summed E-state index contributed by atoms with van der Waals surface area (Å²) in [4.78, 5) is 2.22. The highest BCUT2D eigenvalue weighted by molar-refractivity contribution is 6.22. The second-order valence-corrected chi connectivity index (χ2v) is 3.86. The van der Waals surface area contributed by atoms with Gasteiger partial charge in [-0.15, -0.1) is 11.6 Å². The van der Waals surface area contributed by atoms with Crippen molar-refractivity contribution >= 4 is 11.6 Å². The SMILES string of the molecule is COC1CCN(CC(Cl)C#N)CC1. The molecule has 0 amide bonds. The van der Waals surface area contributed by atoms with Crippen molar-refractivity contribution < 1.29 is 4.74 Å². The molecular formula is C9H15ClN2O. The Kier molecular flexibility index (Phi) is 4.51. The van der Waals surface area contributed by atoms with Gasteiger partial charge in [-0.05, 0) is 12.8 Å². The minimum Gasteiger partial charge on any atom is -0.381 e. The van der Waals surface area contributed by atoms with Crippen molar-refractivity contribution in [3.05, 3.63) is 0 Å². The molecule has 1 unspecified atom stereocenters. The third-order valence-electron chi connectivity index (χ3n) is 2.43. The van der Waals surface area contributed by atoms with Crippen LogP contribution in [0.1, 0.15) is 12.8 Å². The smallest absolute Gasteiger partial charge is 0.133 e. The fourth-order valence-electron chi connectivity index (χ4n) is 1.60. The van der Waals surface area contributed by atoms with Crippen LogP contribution in [-0.2, 0) is 4.74 Å². The number of methoxy groups -OCH3 is 1. The summed E-state index contributed by atoms with van der Waals surface area (Å²) in [5.41, 5.74) is 0. The maximum absolute atomic E-state index is 8.53. The van der Waals surface area contributed by atoms with Gasteiger partial charge in [0.1, 0.15) is 5.38 Å². The Morgan fingerprint density at radius 3 is 2.69 bits per heavy atom. The Bertz CT molecular complexity index is 185. The van der Waals surface area contributed by atoms with E-state index in [4.69, 9.17) is 21.6 Å². The molecule has 1 heterocycles. The van der Waals surface area contributed by atoms with Crippen LogP contribution < -0.4 is 0 Å². The van der Waals surface area contributed by atoms with E-state index in [0.717, 1.165) is 25.9 Å². The summed E-state index contributed by atoms with van der Waals surface area (Å²) in [6.07, 6.45) is 2.49. The lowest BCUT2D eigenvalue weighted by Crippen LogP contribution is -2.39. The second-order valence-electron chi connectivity index (χ2n) is 3.33. The zero-order chi connectivity index (χ0) is 9.68. The number of ether oxygens (including phenoxy) is 1. The van der Waals surface area contributed by atoms with Gasteiger partial charge in [0, 0.05) is 26.7 Å². The quantitative estimate of drug-likeness (QED) is 0.646. The highest BCUT2D eigenvalue weighted by atomic mass is 35.5. The molecule has 0 bridgehead atoms. The van der Waals surface area contributed by atoms with Crippen molar-refractivity contribution in [2.75, 3.05) is 26.7 Å². The van der Waals surface area contributed by atoms with E-state index in [0.29, 0.717) is 12.6 Å². The van der Waals surface area contributed by atoms with Crippen LogP contribution in [0.5, 0.6) is 0 Å². The van der Waals surface area contributed by atoms with Crippen LogP contribution >= 0.6 is 11.6 Å². The van der Waals surface area contributed by atoms with Gasteiger partial charge in [0.05, 0.1) is 12.2 Å². The molecule has 0 N–H and O–H groups in total.